The topological polar surface area (TPSA) is 85.4 Å². The molecule has 1 amide bonds. The zero-order valence-corrected chi connectivity index (χ0v) is 10.5. The molecular weight excluding hydrogens is 260 g/mol. The Morgan fingerprint density at radius 2 is 2.10 bits per heavy atom. The van der Waals surface area contributed by atoms with Crippen molar-refractivity contribution in [1.29, 1.82) is 0 Å². The molecule has 1 N–H and O–H groups in total. The Bertz CT molecular complexity index is 632. The van der Waals surface area contributed by atoms with Crippen molar-refractivity contribution in [2.45, 2.75) is 6.54 Å². The summed E-state index contributed by atoms with van der Waals surface area (Å²) in [7, 11) is 0. The van der Waals surface area contributed by atoms with E-state index in [1.165, 1.54) is 24.5 Å². The van der Waals surface area contributed by atoms with E-state index < -0.39 is 4.92 Å². The Morgan fingerprint density at radius 3 is 2.80 bits per heavy atom. The van der Waals surface area contributed by atoms with Gasteiger partial charge in [-0.15, -0.1) is 0 Å². The van der Waals surface area contributed by atoms with Gasteiger partial charge >= 0.3 is 0 Å². The van der Waals surface area contributed by atoms with Crippen molar-refractivity contribution in [3.8, 4) is 0 Å². The van der Waals surface area contributed by atoms with Gasteiger partial charge < -0.3 is 9.73 Å². The maximum Gasteiger partial charge on any atom is 0.276 e. The summed E-state index contributed by atoms with van der Waals surface area (Å²) in [5.74, 6) is 0.289. The van der Waals surface area contributed by atoms with Gasteiger partial charge in [0.2, 0.25) is 5.91 Å². The number of nitrogens with zero attached hydrogens (tertiary/aromatic N) is 1. The van der Waals surface area contributed by atoms with Crippen molar-refractivity contribution in [3.05, 3.63) is 70.2 Å². The summed E-state index contributed by atoms with van der Waals surface area (Å²) in [4.78, 5) is 21.9. The third-order valence-corrected chi connectivity index (χ3v) is 2.56. The molecule has 20 heavy (non-hydrogen) atoms. The highest BCUT2D eigenvalue weighted by molar-refractivity contribution is 5.92. The number of nitro groups is 1. The maximum absolute atomic E-state index is 11.6. The Hall–Kier alpha value is -2.89. The SMILES string of the molecule is O=C(C=Cc1ccccc1[N+](=O)[O-])NCc1ccco1. The zero-order chi connectivity index (χ0) is 14.4. The monoisotopic (exact) mass is 272 g/mol. The third-order valence-electron chi connectivity index (χ3n) is 2.56. The van der Waals surface area contributed by atoms with Crippen molar-refractivity contribution in [2.75, 3.05) is 0 Å². The van der Waals surface area contributed by atoms with Crippen molar-refractivity contribution in [1.82, 2.24) is 5.32 Å². The lowest BCUT2D eigenvalue weighted by Gasteiger charge is -1.99. The lowest BCUT2D eigenvalue weighted by molar-refractivity contribution is -0.385. The summed E-state index contributed by atoms with van der Waals surface area (Å²) in [6.45, 7) is 0.271. The van der Waals surface area contributed by atoms with E-state index in [0.717, 1.165) is 0 Å². The van der Waals surface area contributed by atoms with E-state index in [-0.39, 0.29) is 18.1 Å². The van der Waals surface area contributed by atoms with Gasteiger partial charge in [-0.1, -0.05) is 12.1 Å². The van der Waals surface area contributed by atoms with E-state index in [1.54, 1.807) is 30.3 Å². The standard InChI is InChI=1S/C14H12N2O4/c17-14(15-10-12-5-3-9-20-12)8-7-11-4-1-2-6-13(11)16(18)19/h1-9H,10H2,(H,15,17). The van der Waals surface area contributed by atoms with Crippen LogP contribution in [-0.2, 0) is 11.3 Å². The second-order valence-corrected chi connectivity index (χ2v) is 3.95. The fourth-order valence-corrected chi connectivity index (χ4v) is 1.61. The molecule has 0 saturated heterocycles. The number of nitrogens with one attached hydrogen (secondary N) is 1. The quantitative estimate of drug-likeness (QED) is 0.515. The molecule has 0 radical (unpaired) electrons. The number of benzene rings is 1. The van der Waals surface area contributed by atoms with Crippen LogP contribution in [0, 0.1) is 10.1 Å². The van der Waals surface area contributed by atoms with Crippen LogP contribution in [0.15, 0.2) is 53.2 Å². The number of carbonyl (C=O) groups is 1. The molecule has 102 valence electrons. The molecule has 0 fully saturated rings. The summed E-state index contributed by atoms with van der Waals surface area (Å²) in [5.41, 5.74) is 0.341. The van der Waals surface area contributed by atoms with Gasteiger partial charge in [-0.2, -0.15) is 0 Å². The molecule has 0 bridgehead atoms. The molecule has 0 spiro atoms. The van der Waals surface area contributed by atoms with Crippen LogP contribution in [0.4, 0.5) is 5.69 Å². The summed E-state index contributed by atoms with van der Waals surface area (Å²) in [6, 6.07) is 9.69. The molecule has 0 atom stereocenters. The van der Waals surface area contributed by atoms with E-state index >= 15 is 0 Å². The fraction of sp³-hybridized carbons (Fsp3) is 0.0714. The van der Waals surface area contributed by atoms with E-state index in [2.05, 4.69) is 5.32 Å². The van der Waals surface area contributed by atoms with Crippen molar-refractivity contribution >= 4 is 17.7 Å². The molecule has 2 aromatic rings. The first-order chi connectivity index (χ1) is 9.66. The third kappa shape index (κ3) is 3.55. The van der Waals surface area contributed by atoms with Crippen molar-refractivity contribution in [2.24, 2.45) is 0 Å². The number of rotatable bonds is 5. The molecule has 0 saturated carbocycles. The van der Waals surface area contributed by atoms with Gasteiger partial charge in [-0.3, -0.25) is 14.9 Å². The second kappa shape index (κ2) is 6.33. The van der Waals surface area contributed by atoms with Gasteiger partial charge in [0.05, 0.1) is 23.3 Å². The lowest BCUT2D eigenvalue weighted by Crippen LogP contribution is -2.19. The Labute approximate surface area is 114 Å². The highest BCUT2D eigenvalue weighted by Gasteiger charge is 2.09. The smallest absolute Gasteiger partial charge is 0.276 e. The Kier molecular flexibility index (Phi) is 4.28. The highest BCUT2D eigenvalue weighted by atomic mass is 16.6. The molecule has 2 rings (SSSR count). The molecule has 0 aliphatic heterocycles. The van der Waals surface area contributed by atoms with Gasteiger partial charge in [0.25, 0.3) is 5.69 Å². The number of furan rings is 1. The van der Waals surface area contributed by atoms with Gasteiger partial charge in [0.15, 0.2) is 0 Å². The molecule has 1 heterocycles. The first-order valence-electron chi connectivity index (χ1n) is 5.88. The zero-order valence-electron chi connectivity index (χ0n) is 10.5. The number of nitro benzene ring substituents is 1. The van der Waals surface area contributed by atoms with Crippen LogP contribution in [0.25, 0.3) is 6.08 Å². The highest BCUT2D eigenvalue weighted by Crippen LogP contribution is 2.18. The van der Waals surface area contributed by atoms with Gasteiger partial charge in [-0.05, 0) is 24.3 Å². The molecule has 1 aromatic heterocycles. The summed E-state index contributed by atoms with van der Waals surface area (Å²) < 4.78 is 5.07. The van der Waals surface area contributed by atoms with Crippen molar-refractivity contribution < 1.29 is 14.1 Å². The normalized spacial score (nSPS) is 10.6. The van der Waals surface area contributed by atoms with Gasteiger partial charge in [-0.25, -0.2) is 0 Å². The van der Waals surface area contributed by atoms with Gasteiger partial charge in [0, 0.05) is 12.1 Å². The largest absolute Gasteiger partial charge is 0.467 e. The van der Waals surface area contributed by atoms with E-state index in [1.807, 2.05) is 0 Å². The van der Waals surface area contributed by atoms with Gasteiger partial charge in [0.1, 0.15) is 5.76 Å². The second-order valence-electron chi connectivity index (χ2n) is 3.95. The lowest BCUT2D eigenvalue weighted by atomic mass is 10.1. The number of carbonyl (C=O) groups excluding carboxylic acids is 1. The van der Waals surface area contributed by atoms with Crippen LogP contribution >= 0.6 is 0 Å². The Morgan fingerprint density at radius 1 is 1.30 bits per heavy atom. The molecule has 6 heteroatoms. The summed E-state index contributed by atoms with van der Waals surface area (Å²) in [6.07, 6.45) is 4.19. The first kappa shape index (κ1) is 13.5. The predicted octanol–water partition coefficient (Wildman–Crippen LogP) is 2.52. The average Bonchev–Trinajstić information content (AvgIpc) is 2.96. The molecule has 0 unspecified atom stereocenters. The Balaban J connectivity index is 1.98. The van der Waals surface area contributed by atoms with Crippen LogP contribution < -0.4 is 5.32 Å². The van der Waals surface area contributed by atoms with Crippen LogP contribution in [0.3, 0.4) is 0 Å². The minimum absolute atomic E-state index is 0.0393. The molecule has 0 aliphatic rings. The van der Waals surface area contributed by atoms with E-state index in [9.17, 15) is 14.9 Å². The van der Waals surface area contributed by atoms with E-state index in [0.29, 0.717) is 11.3 Å². The number of amides is 1. The van der Waals surface area contributed by atoms with E-state index in [4.69, 9.17) is 4.42 Å². The molecule has 1 aromatic carbocycles. The maximum atomic E-state index is 11.6. The number of hydrogen-bond donors (Lipinski definition) is 1. The van der Waals surface area contributed by atoms with Crippen molar-refractivity contribution in [3.63, 3.8) is 0 Å². The first-order valence-corrected chi connectivity index (χ1v) is 5.88. The van der Waals surface area contributed by atoms with Crippen LogP contribution in [0.1, 0.15) is 11.3 Å². The molecular formula is C14H12N2O4. The minimum Gasteiger partial charge on any atom is -0.467 e. The van der Waals surface area contributed by atoms with Crippen LogP contribution in [0.2, 0.25) is 0 Å². The molecule has 6 nitrogen and oxygen atoms in total. The number of hydrogen-bond acceptors (Lipinski definition) is 4. The predicted molar refractivity (Wildman–Crippen MR) is 72.7 cm³/mol. The summed E-state index contributed by atoms with van der Waals surface area (Å²) in [5, 5.41) is 13.4. The fourth-order valence-electron chi connectivity index (χ4n) is 1.61. The minimum atomic E-state index is -0.486. The van der Waals surface area contributed by atoms with Crippen LogP contribution in [0.5, 0.6) is 0 Å². The number of para-hydroxylation sites is 1. The molecule has 0 aliphatic carbocycles. The average molecular weight is 272 g/mol. The summed E-state index contributed by atoms with van der Waals surface area (Å²) >= 11 is 0. The van der Waals surface area contributed by atoms with Crippen LogP contribution in [-0.4, -0.2) is 10.8 Å².